The molecule has 7 heteroatoms. The van der Waals surface area contributed by atoms with Crippen LogP contribution in [0, 0.1) is 0 Å². The van der Waals surface area contributed by atoms with Crippen LogP contribution in [-0.4, -0.2) is 24.8 Å². The maximum absolute atomic E-state index is 12.4. The summed E-state index contributed by atoms with van der Waals surface area (Å²) in [6.45, 7) is 0.232. The molecule has 0 unspecified atom stereocenters. The summed E-state index contributed by atoms with van der Waals surface area (Å²) in [7, 11) is 1.53. The monoisotopic (exact) mass is 354 g/mol. The fraction of sp³-hybridized carbons (Fsp3) is 0.111. The van der Waals surface area contributed by atoms with Gasteiger partial charge < -0.3 is 14.2 Å². The largest absolute Gasteiger partial charge is 0.496 e. The first-order valence-electron chi connectivity index (χ1n) is 7.54. The number of methoxy groups -OCH3 is 1. The van der Waals surface area contributed by atoms with Gasteiger partial charge in [-0.3, -0.25) is 10.1 Å². The average molecular weight is 354 g/mol. The number of nitrogens with one attached hydrogen (secondary N) is 1. The van der Waals surface area contributed by atoms with Gasteiger partial charge in [-0.05, 0) is 30.3 Å². The van der Waals surface area contributed by atoms with Crippen molar-refractivity contribution >= 4 is 22.4 Å². The van der Waals surface area contributed by atoms with Crippen molar-refractivity contribution in [2.75, 3.05) is 19.2 Å². The van der Waals surface area contributed by atoms with Gasteiger partial charge in [-0.2, -0.15) is 0 Å². The van der Waals surface area contributed by atoms with E-state index in [1.165, 1.54) is 18.4 Å². The predicted molar refractivity (Wildman–Crippen MR) is 94.6 cm³/mol. The zero-order chi connectivity index (χ0) is 17.2. The number of para-hydroxylation sites is 1. The number of ether oxygens (including phenoxy) is 3. The van der Waals surface area contributed by atoms with Gasteiger partial charge in [-0.25, -0.2) is 4.98 Å². The summed E-state index contributed by atoms with van der Waals surface area (Å²) in [6, 6.07) is 12.7. The van der Waals surface area contributed by atoms with Crippen LogP contribution in [0.2, 0.25) is 0 Å². The van der Waals surface area contributed by atoms with Gasteiger partial charge in [-0.1, -0.05) is 12.1 Å². The quantitative estimate of drug-likeness (QED) is 0.772. The molecule has 1 aliphatic rings. The van der Waals surface area contributed by atoms with Gasteiger partial charge >= 0.3 is 0 Å². The van der Waals surface area contributed by atoms with E-state index >= 15 is 0 Å². The van der Waals surface area contributed by atoms with Gasteiger partial charge in [0.1, 0.15) is 5.75 Å². The minimum atomic E-state index is -0.260. The fourth-order valence-electron chi connectivity index (χ4n) is 2.52. The molecule has 0 bridgehead atoms. The summed E-state index contributed by atoms with van der Waals surface area (Å²) < 4.78 is 15.9. The molecule has 1 N–H and O–H groups in total. The molecule has 4 rings (SSSR count). The second-order valence-electron chi connectivity index (χ2n) is 5.26. The van der Waals surface area contributed by atoms with Crippen molar-refractivity contribution in [1.82, 2.24) is 4.98 Å². The van der Waals surface area contributed by atoms with Crippen LogP contribution in [0.5, 0.6) is 17.2 Å². The van der Waals surface area contributed by atoms with Gasteiger partial charge in [-0.15, -0.1) is 11.3 Å². The Hall–Kier alpha value is -3.06. The van der Waals surface area contributed by atoms with Gasteiger partial charge in [0.15, 0.2) is 16.6 Å². The van der Waals surface area contributed by atoms with Crippen LogP contribution in [0.15, 0.2) is 47.8 Å². The molecule has 0 saturated heterocycles. The molecule has 2 aromatic carbocycles. The Bertz CT molecular complexity index is 938. The Morgan fingerprint density at radius 1 is 1.20 bits per heavy atom. The molecule has 25 heavy (non-hydrogen) atoms. The standard InChI is InChI=1S/C18H14N2O4S/c1-22-14-5-3-2-4-12(14)17(21)20-18-19-13(9-25-18)11-6-7-15-16(8-11)24-10-23-15/h2-9H,10H2,1H3,(H,19,20,21). The Morgan fingerprint density at radius 2 is 2.04 bits per heavy atom. The number of amides is 1. The zero-order valence-corrected chi connectivity index (χ0v) is 14.1. The number of fused-ring (bicyclic) bond motifs is 1. The Morgan fingerprint density at radius 3 is 2.92 bits per heavy atom. The van der Waals surface area contributed by atoms with E-state index in [-0.39, 0.29) is 12.7 Å². The number of aromatic nitrogens is 1. The minimum absolute atomic E-state index is 0.232. The molecule has 126 valence electrons. The molecule has 1 amide bonds. The molecular weight excluding hydrogens is 340 g/mol. The lowest BCUT2D eigenvalue weighted by Crippen LogP contribution is -2.12. The second-order valence-corrected chi connectivity index (χ2v) is 6.12. The van der Waals surface area contributed by atoms with E-state index in [0.717, 1.165) is 17.0 Å². The molecule has 1 aliphatic heterocycles. The zero-order valence-electron chi connectivity index (χ0n) is 13.3. The van der Waals surface area contributed by atoms with Crippen molar-refractivity contribution in [2.24, 2.45) is 0 Å². The Kier molecular flexibility index (Phi) is 3.99. The summed E-state index contributed by atoms with van der Waals surface area (Å²) in [6.07, 6.45) is 0. The van der Waals surface area contributed by atoms with Crippen LogP contribution in [0.1, 0.15) is 10.4 Å². The van der Waals surface area contributed by atoms with Crippen molar-refractivity contribution in [1.29, 1.82) is 0 Å². The smallest absolute Gasteiger partial charge is 0.261 e. The van der Waals surface area contributed by atoms with Crippen LogP contribution in [0.4, 0.5) is 5.13 Å². The van der Waals surface area contributed by atoms with Gasteiger partial charge in [0.2, 0.25) is 6.79 Å². The lowest BCUT2D eigenvalue weighted by Gasteiger charge is -2.07. The summed E-state index contributed by atoms with van der Waals surface area (Å²) in [5.74, 6) is 1.69. The minimum Gasteiger partial charge on any atom is -0.496 e. The van der Waals surface area contributed by atoms with Crippen molar-refractivity contribution in [2.45, 2.75) is 0 Å². The van der Waals surface area contributed by atoms with E-state index in [0.29, 0.717) is 22.2 Å². The molecule has 0 atom stereocenters. The lowest BCUT2D eigenvalue weighted by atomic mass is 10.1. The topological polar surface area (TPSA) is 69.7 Å². The van der Waals surface area contributed by atoms with E-state index in [9.17, 15) is 4.79 Å². The van der Waals surface area contributed by atoms with E-state index in [4.69, 9.17) is 14.2 Å². The number of nitrogens with zero attached hydrogens (tertiary/aromatic N) is 1. The van der Waals surface area contributed by atoms with E-state index < -0.39 is 0 Å². The number of carbonyl (C=O) groups excluding carboxylic acids is 1. The van der Waals surface area contributed by atoms with Crippen molar-refractivity contribution in [3.05, 3.63) is 53.4 Å². The molecule has 0 saturated carbocycles. The van der Waals surface area contributed by atoms with Crippen LogP contribution in [-0.2, 0) is 0 Å². The molecule has 0 aliphatic carbocycles. The molecule has 3 aromatic rings. The van der Waals surface area contributed by atoms with Crippen LogP contribution in [0.25, 0.3) is 11.3 Å². The van der Waals surface area contributed by atoms with Gasteiger partial charge in [0.25, 0.3) is 5.91 Å². The summed E-state index contributed by atoms with van der Waals surface area (Å²) in [5.41, 5.74) is 2.13. The predicted octanol–water partition coefficient (Wildman–Crippen LogP) is 3.80. The first-order valence-corrected chi connectivity index (χ1v) is 8.42. The summed E-state index contributed by atoms with van der Waals surface area (Å²) in [4.78, 5) is 16.9. The normalized spacial score (nSPS) is 12.0. The van der Waals surface area contributed by atoms with Crippen molar-refractivity contribution in [3.8, 4) is 28.5 Å². The second kappa shape index (κ2) is 6.45. The highest BCUT2D eigenvalue weighted by Crippen LogP contribution is 2.36. The van der Waals surface area contributed by atoms with Crippen LogP contribution in [0.3, 0.4) is 0 Å². The molecular formula is C18H14N2O4S. The molecule has 0 radical (unpaired) electrons. The van der Waals surface area contributed by atoms with Gasteiger partial charge in [0, 0.05) is 10.9 Å². The number of carbonyl (C=O) groups is 1. The van der Waals surface area contributed by atoms with Crippen molar-refractivity contribution < 1.29 is 19.0 Å². The number of hydrogen-bond acceptors (Lipinski definition) is 6. The van der Waals surface area contributed by atoms with Crippen LogP contribution >= 0.6 is 11.3 Å². The third-order valence-electron chi connectivity index (χ3n) is 3.74. The van der Waals surface area contributed by atoms with Gasteiger partial charge in [0.05, 0.1) is 18.4 Å². The Balaban J connectivity index is 1.54. The first-order chi connectivity index (χ1) is 12.2. The van der Waals surface area contributed by atoms with E-state index in [1.54, 1.807) is 18.2 Å². The third-order valence-corrected chi connectivity index (χ3v) is 4.50. The summed E-state index contributed by atoms with van der Waals surface area (Å²) >= 11 is 1.36. The number of thiazole rings is 1. The van der Waals surface area contributed by atoms with Crippen LogP contribution < -0.4 is 19.5 Å². The van der Waals surface area contributed by atoms with Crippen molar-refractivity contribution in [3.63, 3.8) is 0 Å². The first kappa shape index (κ1) is 15.5. The number of rotatable bonds is 4. The Labute approximate surface area is 148 Å². The fourth-order valence-corrected chi connectivity index (χ4v) is 3.23. The maximum atomic E-state index is 12.4. The average Bonchev–Trinajstić information content (AvgIpc) is 3.30. The number of benzene rings is 2. The summed E-state index contributed by atoms with van der Waals surface area (Å²) in [5, 5.41) is 5.21. The molecule has 6 nitrogen and oxygen atoms in total. The highest BCUT2D eigenvalue weighted by atomic mass is 32.1. The lowest BCUT2D eigenvalue weighted by molar-refractivity contribution is 0.102. The SMILES string of the molecule is COc1ccccc1C(=O)Nc1nc(-c2ccc3c(c2)OCO3)cs1. The maximum Gasteiger partial charge on any atom is 0.261 e. The molecule has 1 aromatic heterocycles. The number of hydrogen-bond donors (Lipinski definition) is 1. The highest BCUT2D eigenvalue weighted by Gasteiger charge is 2.16. The molecule has 0 fully saturated rings. The van der Waals surface area contributed by atoms with E-state index in [1.807, 2.05) is 29.6 Å². The third kappa shape index (κ3) is 3.01. The van der Waals surface area contributed by atoms with E-state index in [2.05, 4.69) is 10.3 Å². The number of anilines is 1. The molecule has 2 heterocycles. The molecule has 0 spiro atoms. The highest BCUT2D eigenvalue weighted by molar-refractivity contribution is 7.14.